The second-order valence-electron chi connectivity index (χ2n) is 4.41. The van der Waals surface area contributed by atoms with Crippen LogP contribution in [0.1, 0.15) is 35.2 Å². The molecule has 6 heteroatoms. The van der Waals surface area contributed by atoms with Gasteiger partial charge in [-0.1, -0.05) is 6.92 Å². The molecule has 6 nitrogen and oxygen atoms in total. The number of rotatable bonds is 6. The molecule has 0 saturated heterocycles. The van der Waals surface area contributed by atoms with Crippen LogP contribution < -0.4 is 5.32 Å². The maximum atomic E-state index is 12.0. The molecule has 0 unspecified atom stereocenters. The standard InChI is InChI=1S/C13H19N5O/c1-3-11-10(9-18(2)17-11)13(19)16-6-4-5-12-14-7-8-15-12/h7-9H,3-6H2,1-2H3,(H,14,15)(H,16,19). The quantitative estimate of drug-likeness (QED) is 0.764. The number of nitrogens with zero attached hydrogens (tertiary/aromatic N) is 3. The lowest BCUT2D eigenvalue weighted by molar-refractivity contribution is 0.0952. The SMILES string of the molecule is CCc1nn(C)cc1C(=O)NCCCc1ncc[nH]1. The van der Waals surface area contributed by atoms with Crippen LogP contribution in [0.15, 0.2) is 18.6 Å². The second kappa shape index (κ2) is 6.17. The summed E-state index contributed by atoms with van der Waals surface area (Å²) in [4.78, 5) is 19.2. The van der Waals surface area contributed by atoms with E-state index in [-0.39, 0.29) is 5.91 Å². The third-order valence-electron chi connectivity index (χ3n) is 2.92. The normalized spacial score (nSPS) is 10.6. The average Bonchev–Trinajstić information content (AvgIpc) is 3.03. The number of aryl methyl sites for hydroxylation is 3. The summed E-state index contributed by atoms with van der Waals surface area (Å²) in [5.74, 6) is 0.897. The van der Waals surface area contributed by atoms with Crippen molar-refractivity contribution in [3.63, 3.8) is 0 Å². The van der Waals surface area contributed by atoms with Crippen LogP contribution in [-0.4, -0.2) is 32.2 Å². The molecule has 0 bridgehead atoms. The lowest BCUT2D eigenvalue weighted by Crippen LogP contribution is -2.25. The molecule has 0 saturated carbocycles. The minimum absolute atomic E-state index is 0.0515. The minimum Gasteiger partial charge on any atom is -0.352 e. The molecule has 0 radical (unpaired) electrons. The van der Waals surface area contributed by atoms with E-state index in [9.17, 15) is 4.79 Å². The number of carbonyl (C=O) groups is 1. The summed E-state index contributed by atoms with van der Waals surface area (Å²) in [5.41, 5.74) is 1.51. The van der Waals surface area contributed by atoms with Gasteiger partial charge in [0.1, 0.15) is 5.82 Å². The Morgan fingerprint density at radius 2 is 2.37 bits per heavy atom. The summed E-state index contributed by atoms with van der Waals surface area (Å²) in [6.45, 7) is 2.63. The molecule has 102 valence electrons. The Morgan fingerprint density at radius 1 is 1.53 bits per heavy atom. The smallest absolute Gasteiger partial charge is 0.254 e. The number of hydrogen-bond acceptors (Lipinski definition) is 3. The van der Waals surface area contributed by atoms with Gasteiger partial charge in [-0.2, -0.15) is 5.10 Å². The van der Waals surface area contributed by atoms with Crippen LogP contribution in [-0.2, 0) is 19.9 Å². The first-order valence-corrected chi connectivity index (χ1v) is 6.49. The minimum atomic E-state index is -0.0515. The summed E-state index contributed by atoms with van der Waals surface area (Å²) in [6.07, 6.45) is 7.76. The number of aromatic nitrogens is 4. The van der Waals surface area contributed by atoms with Gasteiger partial charge in [0, 0.05) is 38.6 Å². The average molecular weight is 261 g/mol. The van der Waals surface area contributed by atoms with Gasteiger partial charge in [-0.05, 0) is 12.8 Å². The summed E-state index contributed by atoms with van der Waals surface area (Å²) < 4.78 is 1.68. The Kier molecular flexibility index (Phi) is 4.33. The van der Waals surface area contributed by atoms with Gasteiger partial charge in [0.25, 0.3) is 5.91 Å². The van der Waals surface area contributed by atoms with Crippen molar-refractivity contribution < 1.29 is 4.79 Å². The third kappa shape index (κ3) is 3.43. The third-order valence-corrected chi connectivity index (χ3v) is 2.92. The highest BCUT2D eigenvalue weighted by molar-refractivity contribution is 5.95. The molecule has 2 heterocycles. The Labute approximate surface area is 112 Å². The van der Waals surface area contributed by atoms with Crippen LogP contribution in [0.2, 0.25) is 0 Å². The highest BCUT2D eigenvalue weighted by Gasteiger charge is 2.13. The molecule has 0 spiro atoms. The number of H-pyrrole nitrogens is 1. The van der Waals surface area contributed by atoms with Crippen LogP contribution in [0.5, 0.6) is 0 Å². The Hall–Kier alpha value is -2.11. The van der Waals surface area contributed by atoms with Crippen molar-refractivity contribution in [2.75, 3.05) is 6.54 Å². The van der Waals surface area contributed by atoms with E-state index in [2.05, 4.69) is 20.4 Å². The number of amides is 1. The molecular weight excluding hydrogens is 242 g/mol. The molecule has 2 aromatic rings. The maximum Gasteiger partial charge on any atom is 0.254 e. The van der Waals surface area contributed by atoms with E-state index >= 15 is 0 Å². The summed E-state index contributed by atoms with van der Waals surface area (Å²) >= 11 is 0. The molecule has 0 aliphatic heterocycles. The lowest BCUT2D eigenvalue weighted by atomic mass is 10.2. The molecule has 1 amide bonds. The van der Waals surface area contributed by atoms with Crippen molar-refractivity contribution in [3.8, 4) is 0 Å². The van der Waals surface area contributed by atoms with E-state index in [0.717, 1.165) is 30.8 Å². The van der Waals surface area contributed by atoms with Gasteiger partial charge in [0.05, 0.1) is 11.3 Å². The van der Waals surface area contributed by atoms with Crippen molar-refractivity contribution in [1.29, 1.82) is 0 Å². The zero-order valence-corrected chi connectivity index (χ0v) is 11.3. The number of aromatic amines is 1. The Bertz CT molecular complexity index is 529. The van der Waals surface area contributed by atoms with Gasteiger partial charge in [0.15, 0.2) is 0 Å². The van der Waals surface area contributed by atoms with E-state index < -0.39 is 0 Å². The first-order valence-electron chi connectivity index (χ1n) is 6.49. The van der Waals surface area contributed by atoms with Crippen molar-refractivity contribution in [2.45, 2.75) is 26.2 Å². The van der Waals surface area contributed by atoms with Crippen LogP contribution in [0.3, 0.4) is 0 Å². The van der Waals surface area contributed by atoms with Crippen LogP contribution in [0.25, 0.3) is 0 Å². The molecular formula is C13H19N5O. The number of carbonyl (C=O) groups excluding carboxylic acids is 1. The highest BCUT2D eigenvalue weighted by atomic mass is 16.1. The van der Waals surface area contributed by atoms with Crippen LogP contribution >= 0.6 is 0 Å². The molecule has 0 aliphatic rings. The molecule has 0 fully saturated rings. The zero-order valence-electron chi connectivity index (χ0n) is 11.3. The Balaban J connectivity index is 1.80. The highest BCUT2D eigenvalue weighted by Crippen LogP contribution is 2.06. The van der Waals surface area contributed by atoms with Crippen LogP contribution in [0, 0.1) is 0 Å². The maximum absolute atomic E-state index is 12.0. The first kappa shape index (κ1) is 13.3. The largest absolute Gasteiger partial charge is 0.352 e. The van der Waals surface area contributed by atoms with E-state index in [0.29, 0.717) is 12.1 Å². The molecule has 2 aromatic heterocycles. The summed E-state index contributed by atoms with van der Waals surface area (Å²) in [7, 11) is 1.83. The van der Waals surface area contributed by atoms with Gasteiger partial charge in [-0.15, -0.1) is 0 Å². The van der Waals surface area contributed by atoms with E-state index in [4.69, 9.17) is 0 Å². The van der Waals surface area contributed by atoms with E-state index in [1.807, 2.05) is 14.0 Å². The summed E-state index contributed by atoms with van der Waals surface area (Å²) in [6, 6.07) is 0. The van der Waals surface area contributed by atoms with Crippen molar-refractivity contribution in [3.05, 3.63) is 35.7 Å². The fourth-order valence-corrected chi connectivity index (χ4v) is 1.97. The monoisotopic (exact) mass is 261 g/mol. The number of nitrogens with one attached hydrogen (secondary N) is 2. The number of hydrogen-bond donors (Lipinski definition) is 2. The molecule has 2 N–H and O–H groups in total. The van der Waals surface area contributed by atoms with Crippen molar-refractivity contribution >= 4 is 5.91 Å². The first-order chi connectivity index (χ1) is 9.20. The van der Waals surface area contributed by atoms with Gasteiger partial charge in [-0.25, -0.2) is 4.98 Å². The Morgan fingerprint density at radius 3 is 3.05 bits per heavy atom. The molecule has 2 rings (SSSR count). The molecule has 19 heavy (non-hydrogen) atoms. The van der Waals surface area contributed by atoms with Crippen molar-refractivity contribution in [2.24, 2.45) is 7.05 Å². The predicted octanol–water partition coefficient (Wildman–Crippen LogP) is 1.07. The molecule has 0 atom stereocenters. The van der Waals surface area contributed by atoms with E-state index in [1.54, 1.807) is 23.3 Å². The fourth-order valence-electron chi connectivity index (χ4n) is 1.97. The second-order valence-corrected chi connectivity index (χ2v) is 4.41. The summed E-state index contributed by atoms with van der Waals surface area (Å²) in [5, 5.41) is 7.18. The zero-order chi connectivity index (χ0) is 13.7. The van der Waals surface area contributed by atoms with Gasteiger partial charge in [-0.3, -0.25) is 9.48 Å². The van der Waals surface area contributed by atoms with Crippen molar-refractivity contribution in [1.82, 2.24) is 25.1 Å². The van der Waals surface area contributed by atoms with Gasteiger partial charge >= 0.3 is 0 Å². The topological polar surface area (TPSA) is 75.6 Å². The predicted molar refractivity (Wildman–Crippen MR) is 71.8 cm³/mol. The van der Waals surface area contributed by atoms with Crippen LogP contribution in [0.4, 0.5) is 0 Å². The van der Waals surface area contributed by atoms with Gasteiger partial charge in [0.2, 0.25) is 0 Å². The van der Waals surface area contributed by atoms with E-state index in [1.165, 1.54) is 0 Å². The molecule has 0 aromatic carbocycles. The lowest BCUT2D eigenvalue weighted by Gasteiger charge is -2.03. The fraction of sp³-hybridized carbons (Fsp3) is 0.462. The molecule has 0 aliphatic carbocycles. The van der Waals surface area contributed by atoms with Gasteiger partial charge < -0.3 is 10.3 Å². The number of imidazole rings is 1.